The Kier molecular flexibility index (Phi) is 2.88. The Hall–Kier alpha value is -0.0400. The molecule has 1 heteroatoms. The molecule has 1 aliphatic carbocycles. The summed E-state index contributed by atoms with van der Waals surface area (Å²) in [7, 11) is 0. The molecule has 2 fully saturated rings. The number of fused-ring (bicyclic) bond motifs is 2. The smallest absolute Gasteiger partial charge is 0.0717 e. The van der Waals surface area contributed by atoms with Crippen LogP contribution in [0.25, 0.3) is 0 Å². The van der Waals surface area contributed by atoms with Gasteiger partial charge in [-0.2, -0.15) is 0 Å². The summed E-state index contributed by atoms with van der Waals surface area (Å²) < 4.78 is 6.32. The first-order valence-electron chi connectivity index (χ1n) is 6.41. The van der Waals surface area contributed by atoms with Gasteiger partial charge >= 0.3 is 0 Å². The average Bonchev–Trinajstić information content (AvgIpc) is 2.30. The fourth-order valence-corrected chi connectivity index (χ4v) is 4.05. The molecule has 1 heterocycles. The highest BCUT2D eigenvalue weighted by Gasteiger charge is 2.53. The van der Waals surface area contributed by atoms with Crippen molar-refractivity contribution in [1.82, 2.24) is 0 Å². The van der Waals surface area contributed by atoms with Gasteiger partial charge in [0, 0.05) is 0 Å². The zero-order valence-electron chi connectivity index (χ0n) is 9.88. The molecule has 82 valence electrons. The zero-order valence-corrected chi connectivity index (χ0v) is 9.88. The normalized spacial score (nSPS) is 46.9. The van der Waals surface area contributed by atoms with E-state index in [1.54, 1.807) is 0 Å². The van der Waals surface area contributed by atoms with Gasteiger partial charge in [-0.3, -0.25) is 0 Å². The van der Waals surface area contributed by atoms with Gasteiger partial charge in [0.1, 0.15) is 0 Å². The van der Waals surface area contributed by atoms with E-state index in [-0.39, 0.29) is 5.60 Å². The minimum Gasteiger partial charge on any atom is -0.371 e. The molecule has 4 unspecified atom stereocenters. The monoisotopic (exact) mass is 196 g/mol. The molecule has 0 radical (unpaired) electrons. The topological polar surface area (TPSA) is 9.23 Å². The Morgan fingerprint density at radius 3 is 2.79 bits per heavy atom. The average molecular weight is 196 g/mol. The van der Waals surface area contributed by atoms with Crippen LogP contribution in [-0.2, 0) is 4.74 Å². The summed E-state index contributed by atoms with van der Waals surface area (Å²) in [4.78, 5) is 0. The van der Waals surface area contributed by atoms with Crippen LogP contribution in [0, 0.1) is 11.8 Å². The molecule has 0 aromatic heterocycles. The van der Waals surface area contributed by atoms with Gasteiger partial charge < -0.3 is 4.74 Å². The Morgan fingerprint density at radius 2 is 2.14 bits per heavy atom. The summed E-state index contributed by atoms with van der Waals surface area (Å²) in [6.45, 7) is 6.92. The van der Waals surface area contributed by atoms with Crippen molar-refractivity contribution in [3.8, 4) is 0 Å². The van der Waals surface area contributed by atoms with Gasteiger partial charge in [-0.05, 0) is 38.0 Å². The highest BCUT2D eigenvalue weighted by Crippen LogP contribution is 2.53. The highest BCUT2D eigenvalue weighted by atomic mass is 16.5. The minimum absolute atomic E-state index is 0.284. The third-order valence-corrected chi connectivity index (χ3v) is 4.47. The minimum atomic E-state index is 0.284. The van der Waals surface area contributed by atoms with Crippen molar-refractivity contribution in [2.45, 2.75) is 71.0 Å². The van der Waals surface area contributed by atoms with Crippen molar-refractivity contribution in [3.05, 3.63) is 0 Å². The first kappa shape index (κ1) is 10.5. The molecule has 0 amide bonds. The van der Waals surface area contributed by atoms with Gasteiger partial charge in [0.2, 0.25) is 0 Å². The highest BCUT2D eigenvalue weighted by molar-refractivity contribution is 5.02. The van der Waals surface area contributed by atoms with Crippen LogP contribution < -0.4 is 0 Å². The van der Waals surface area contributed by atoms with Gasteiger partial charge in [-0.15, -0.1) is 0 Å². The summed E-state index contributed by atoms with van der Waals surface area (Å²) in [6, 6.07) is 0. The van der Waals surface area contributed by atoms with Crippen molar-refractivity contribution in [2.75, 3.05) is 0 Å². The van der Waals surface area contributed by atoms with Crippen LogP contribution in [0.4, 0.5) is 0 Å². The van der Waals surface area contributed by atoms with Gasteiger partial charge in [-0.1, -0.05) is 33.1 Å². The third-order valence-electron chi connectivity index (χ3n) is 4.47. The van der Waals surface area contributed by atoms with E-state index in [1.165, 1.54) is 38.5 Å². The molecule has 1 saturated carbocycles. The summed E-state index contributed by atoms with van der Waals surface area (Å²) in [6.07, 6.45) is 8.52. The Balaban J connectivity index is 2.20. The largest absolute Gasteiger partial charge is 0.371 e. The molecular weight excluding hydrogens is 172 g/mol. The van der Waals surface area contributed by atoms with Crippen LogP contribution >= 0.6 is 0 Å². The first-order valence-corrected chi connectivity index (χ1v) is 6.41. The van der Waals surface area contributed by atoms with Crippen LogP contribution in [0.2, 0.25) is 0 Å². The Labute approximate surface area is 88.2 Å². The lowest BCUT2D eigenvalue weighted by molar-refractivity contribution is -0.0648. The number of rotatable bonds is 3. The number of ether oxygens (including phenoxy) is 1. The molecule has 14 heavy (non-hydrogen) atoms. The van der Waals surface area contributed by atoms with Gasteiger partial charge in [0.05, 0.1) is 11.7 Å². The van der Waals surface area contributed by atoms with E-state index < -0.39 is 0 Å². The first-order chi connectivity index (χ1) is 6.73. The molecule has 1 saturated heterocycles. The fraction of sp³-hybridized carbons (Fsp3) is 1.00. The quantitative estimate of drug-likeness (QED) is 0.667. The summed E-state index contributed by atoms with van der Waals surface area (Å²) in [5, 5.41) is 0. The molecule has 2 rings (SSSR count). The molecule has 4 atom stereocenters. The van der Waals surface area contributed by atoms with E-state index in [9.17, 15) is 0 Å². The predicted octanol–water partition coefficient (Wildman–Crippen LogP) is 3.77. The Bertz CT molecular complexity index is 197. The second-order valence-corrected chi connectivity index (χ2v) is 5.21. The molecule has 0 aromatic rings. The van der Waals surface area contributed by atoms with Crippen LogP contribution in [-0.4, -0.2) is 11.7 Å². The fourth-order valence-electron chi connectivity index (χ4n) is 4.05. The van der Waals surface area contributed by atoms with Crippen molar-refractivity contribution in [2.24, 2.45) is 11.8 Å². The zero-order chi connectivity index (χ0) is 10.2. The summed E-state index contributed by atoms with van der Waals surface area (Å²) in [5.41, 5.74) is 0.284. The number of hydrogen-bond donors (Lipinski definition) is 0. The predicted molar refractivity (Wildman–Crippen MR) is 59.3 cm³/mol. The van der Waals surface area contributed by atoms with Crippen LogP contribution in [0.15, 0.2) is 0 Å². The van der Waals surface area contributed by atoms with Crippen LogP contribution in [0.5, 0.6) is 0 Å². The molecule has 0 aromatic carbocycles. The van der Waals surface area contributed by atoms with Gasteiger partial charge in [0.25, 0.3) is 0 Å². The molecule has 2 aliphatic rings. The maximum absolute atomic E-state index is 6.32. The Morgan fingerprint density at radius 1 is 1.36 bits per heavy atom. The lowest BCUT2D eigenvalue weighted by Crippen LogP contribution is -2.39. The van der Waals surface area contributed by atoms with Crippen molar-refractivity contribution in [1.29, 1.82) is 0 Å². The van der Waals surface area contributed by atoms with Gasteiger partial charge in [-0.25, -0.2) is 0 Å². The van der Waals surface area contributed by atoms with E-state index in [2.05, 4.69) is 20.8 Å². The molecular formula is C13H24O. The molecule has 1 aliphatic heterocycles. The van der Waals surface area contributed by atoms with E-state index >= 15 is 0 Å². The molecule has 2 bridgehead atoms. The lowest BCUT2D eigenvalue weighted by Gasteiger charge is -2.39. The second-order valence-electron chi connectivity index (χ2n) is 5.21. The summed E-state index contributed by atoms with van der Waals surface area (Å²) >= 11 is 0. The van der Waals surface area contributed by atoms with Crippen LogP contribution in [0.3, 0.4) is 0 Å². The molecule has 0 spiro atoms. The summed E-state index contributed by atoms with van der Waals surface area (Å²) in [5.74, 6) is 1.71. The van der Waals surface area contributed by atoms with Crippen molar-refractivity contribution >= 4 is 0 Å². The number of hydrogen-bond acceptors (Lipinski definition) is 1. The molecule has 1 nitrogen and oxygen atoms in total. The van der Waals surface area contributed by atoms with E-state index in [1.807, 2.05) is 0 Å². The third kappa shape index (κ3) is 1.41. The van der Waals surface area contributed by atoms with E-state index in [0.29, 0.717) is 6.10 Å². The van der Waals surface area contributed by atoms with E-state index in [0.717, 1.165) is 11.8 Å². The van der Waals surface area contributed by atoms with Gasteiger partial charge in [0.15, 0.2) is 0 Å². The van der Waals surface area contributed by atoms with Crippen LogP contribution in [0.1, 0.15) is 59.3 Å². The second kappa shape index (κ2) is 3.84. The maximum Gasteiger partial charge on any atom is 0.0717 e. The maximum atomic E-state index is 6.32. The van der Waals surface area contributed by atoms with E-state index in [4.69, 9.17) is 4.74 Å². The van der Waals surface area contributed by atoms with Crippen molar-refractivity contribution < 1.29 is 4.74 Å². The standard InChI is InChI=1S/C13H24O/c1-4-8-13-9-6-7-11(10(3)14-13)12(13)5-2/h10-12H,4-9H2,1-3H3. The SMILES string of the molecule is CCCC12CCCC(C(C)O1)C2CC. The van der Waals surface area contributed by atoms with Crippen molar-refractivity contribution in [3.63, 3.8) is 0 Å². The lowest BCUT2D eigenvalue weighted by atomic mass is 9.67. The molecule has 0 N–H and O–H groups in total.